The fourth-order valence-electron chi connectivity index (χ4n) is 4.57. The highest BCUT2D eigenvalue weighted by atomic mass is 35.5. The smallest absolute Gasteiger partial charge is 0.334 e. The van der Waals surface area contributed by atoms with Gasteiger partial charge in [0.2, 0.25) is 5.91 Å². The lowest BCUT2D eigenvalue weighted by molar-refractivity contribution is -0.146. The van der Waals surface area contributed by atoms with Crippen LogP contribution >= 0.6 is 11.6 Å². The monoisotopic (exact) mass is 513 g/mol. The third-order valence-electron chi connectivity index (χ3n) is 6.61. The summed E-state index contributed by atoms with van der Waals surface area (Å²) in [6.45, 7) is 6.82. The Morgan fingerprint density at radius 3 is 2.39 bits per heavy atom. The summed E-state index contributed by atoms with van der Waals surface area (Å²) in [7, 11) is 0. The van der Waals surface area contributed by atoms with Gasteiger partial charge in [0.15, 0.2) is 5.82 Å². The minimum Gasteiger partial charge on any atom is -0.425 e. The molecule has 2 atom stereocenters. The predicted octanol–water partition coefficient (Wildman–Crippen LogP) is 6.60. The number of aromatic nitrogens is 2. The van der Waals surface area contributed by atoms with Crippen LogP contribution in [0.4, 0.5) is 0 Å². The number of unbranched alkanes of at least 4 members (excludes halogenated alkanes) is 5. The number of rotatable bonds is 13. The van der Waals surface area contributed by atoms with Gasteiger partial charge in [-0.1, -0.05) is 52.9 Å². The minimum atomic E-state index is -0.616. The zero-order chi connectivity index (χ0) is 25.9. The zero-order valence-electron chi connectivity index (χ0n) is 21.9. The first-order valence-corrected chi connectivity index (χ1v) is 13.9. The lowest BCUT2D eigenvalue weighted by Gasteiger charge is -2.25. The number of carbonyl (C=O) groups excluding carboxylic acids is 2. The second-order valence-corrected chi connectivity index (χ2v) is 10.7. The van der Waals surface area contributed by atoms with E-state index in [0.29, 0.717) is 36.9 Å². The molecule has 36 heavy (non-hydrogen) atoms. The number of hydrogen-bond donors (Lipinski definition) is 0. The summed E-state index contributed by atoms with van der Waals surface area (Å²) in [5, 5.41) is -0.616. The molecule has 0 bridgehead atoms. The Bertz CT molecular complexity index is 963. The lowest BCUT2D eigenvalue weighted by Crippen LogP contribution is -2.45. The van der Waals surface area contributed by atoms with Gasteiger partial charge in [-0.15, -0.1) is 11.6 Å². The van der Waals surface area contributed by atoms with Crippen LogP contribution < -0.4 is 4.74 Å². The Kier molecular flexibility index (Phi) is 11.2. The molecule has 1 aromatic carbocycles. The average molecular weight is 514 g/mol. The number of aryl methyl sites for hydroxylation is 1. The molecule has 196 valence electrons. The summed E-state index contributed by atoms with van der Waals surface area (Å²) in [6, 6.07) is 6.59. The van der Waals surface area contributed by atoms with Crippen molar-refractivity contribution in [3.8, 4) is 17.1 Å². The van der Waals surface area contributed by atoms with Crippen molar-refractivity contribution in [3.63, 3.8) is 0 Å². The van der Waals surface area contributed by atoms with Crippen LogP contribution in [0.5, 0.6) is 5.75 Å². The number of ether oxygens (including phenoxy) is 1. The van der Waals surface area contributed by atoms with Gasteiger partial charge in [0.1, 0.15) is 17.2 Å². The predicted molar refractivity (Wildman–Crippen MR) is 144 cm³/mol. The largest absolute Gasteiger partial charge is 0.425 e. The third-order valence-corrected chi connectivity index (χ3v) is 6.97. The first kappa shape index (κ1) is 28.1. The quantitative estimate of drug-likeness (QED) is 0.131. The van der Waals surface area contributed by atoms with Gasteiger partial charge in [0, 0.05) is 24.5 Å². The van der Waals surface area contributed by atoms with Crippen LogP contribution in [0, 0.1) is 5.92 Å². The summed E-state index contributed by atoms with van der Waals surface area (Å²) in [5.74, 6) is 0.788. The molecule has 0 aliphatic carbocycles. The normalized spacial score (nSPS) is 16.4. The number of esters is 1. The first-order valence-electron chi connectivity index (χ1n) is 13.5. The number of nitrogens with zero attached hydrogens (tertiary/aromatic N) is 3. The Balaban J connectivity index is 1.51. The van der Waals surface area contributed by atoms with Gasteiger partial charge < -0.3 is 9.64 Å². The SMILES string of the molecule is CCCCCCCCc1cnc(-c2ccc(OC(=O)C3CCCN3C(=O)[C@@H](Cl)CC(C)C)cc2)nc1. The summed E-state index contributed by atoms with van der Waals surface area (Å²) < 4.78 is 5.61. The first-order chi connectivity index (χ1) is 17.4. The van der Waals surface area contributed by atoms with Crippen molar-refractivity contribution >= 4 is 23.5 Å². The third kappa shape index (κ3) is 8.29. The van der Waals surface area contributed by atoms with Crippen LogP contribution in [0.25, 0.3) is 11.4 Å². The molecule has 0 spiro atoms. The van der Waals surface area contributed by atoms with Crippen molar-refractivity contribution in [3.05, 3.63) is 42.2 Å². The number of benzene rings is 1. The molecule has 2 aromatic rings. The fraction of sp³-hybridized carbons (Fsp3) is 0.586. The molecule has 1 aliphatic rings. The molecule has 1 fully saturated rings. The molecule has 1 aromatic heterocycles. The van der Waals surface area contributed by atoms with E-state index in [2.05, 4.69) is 16.9 Å². The summed E-state index contributed by atoms with van der Waals surface area (Å²) in [4.78, 5) is 36.2. The molecule has 1 unspecified atom stereocenters. The number of amides is 1. The fourth-order valence-corrected chi connectivity index (χ4v) is 5.05. The van der Waals surface area contributed by atoms with Gasteiger partial charge in [-0.05, 0) is 67.9 Å². The van der Waals surface area contributed by atoms with Gasteiger partial charge in [-0.2, -0.15) is 0 Å². The van der Waals surface area contributed by atoms with Crippen molar-refractivity contribution in [1.29, 1.82) is 0 Å². The maximum atomic E-state index is 12.8. The van der Waals surface area contributed by atoms with Gasteiger partial charge in [0.25, 0.3) is 0 Å². The van der Waals surface area contributed by atoms with Crippen LogP contribution in [0.2, 0.25) is 0 Å². The molecule has 0 radical (unpaired) electrons. The molecule has 1 saturated heterocycles. The standard InChI is InChI=1S/C29H40ClN3O3/c1-4-5-6-7-8-9-11-22-19-31-27(32-20-22)23-13-15-24(16-14-23)36-29(35)26-12-10-17-33(26)28(34)25(30)18-21(2)3/h13-16,19-21,25-26H,4-12,17-18H2,1-3H3/t25-,26?/m0/s1. The molecular formula is C29H40ClN3O3. The molecule has 2 heterocycles. The van der Waals surface area contributed by atoms with E-state index in [1.165, 1.54) is 38.5 Å². The molecule has 1 aliphatic heterocycles. The van der Waals surface area contributed by atoms with Crippen LogP contribution in [0.3, 0.4) is 0 Å². The van der Waals surface area contributed by atoms with Crippen LogP contribution in [-0.2, 0) is 16.0 Å². The number of hydrogen-bond acceptors (Lipinski definition) is 5. The summed E-state index contributed by atoms with van der Waals surface area (Å²) in [6.07, 6.45) is 14.4. The Labute approximate surface area is 220 Å². The van der Waals surface area contributed by atoms with Crippen molar-refractivity contribution in [1.82, 2.24) is 14.9 Å². The van der Waals surface area contributed by atoms with E-state index in [0.717, 1.165) is 24.0 Å². The second-order valence-electron chi connectivity index (χ2n) is 10.2. The van der Waals surface area contributed by atoms with Crippen LogP contribution in [0.1, 0.15) is 84.1 Å². The molecule has 3 rings (SSSR count). The molecule has 1 amide bonds. The van der Waals surface area contributed by atoms with Gasteiger partial charge in [0.05, 0.1) is 0 Å². The highest BCUT2D eigenvalue weighted by Gasteiger charge is 2.37. The second kappa shape index (κ2) is 14.3. The Morgan fingerprint density at radius 1 is 1.06 bits per heavy atom. The van der Waals surface area contributed by atoms with E-state index in [-0.39, 0.29) is 5.91 Å². The van der Waals surface area contributed by atoms with Crippen molar-refractivity contribution in [2.75, 3.05) is 6.54 Å². The Hall–Kier alpha value is -2.47. The summed E-state index contributed by atoms with van der Waals surface area (Å²) in [5.41, 5.74) is 2.01. The van der Waals surface area contributed by atoms with Crippen molar-refractivity contribution in [2.45, 2.75) is 96.4 Å². The maximum absolute atomic E-state index is 12.8. The highest BCUT2D eigenvalue weighted by molar-refractivity contribution is 6.30. The minimum absolute atomic E-state index is 0.183. The van der Waals surface area contributed by atoms with Gasteiger partial charge in [-0.3, -0.25) is 4.79 Å². The van der Waals surface area contributed by atoms with Crippen LogP contribution in [0.15, 0.2) is 36.7 Å². The molecule has 6 nitrogen and oxygen atoms in total. The van der Waals surface area contributed by atoms with E-state index >= 15 is 0 Å². The van der Waals surface area contributed by atoms with Crippen molar-refractivity contribution in [2.24, 2.45) is 5.92 Å². The maximum Gasteiger partial charge on any atom is 0.334 e. The zero-order valence-corrected chi connectivity index (χ0v) is 22.7. The number of alkyl halides is 1. The number of likely N-dealkylation sites (tertiary alicyclic amines) is 1. The average Bonchev–Trinajstić information content (AvgIpc) is 3.36. The van der Waals surface area contributed by atoms with E-state index in [1.54, 1.807) is 17.0 Å². The Morgan fingerprint density at radius 2 is 1.72 bits per heavy atom. The highest BCUT2D eigenvalue weighted by Crippen LogP contribution is 2.25. The van der Waals surface area contributed by atoms with Gasteiger partial charge >= 0.3 is 5.97 Å². The molecule has 7 heteroatoms. The van der Waals surface area contributed by atoms with Crippen molar-refractivity contribution < 1.29 is 14.3 Å². The summed E-state index contributed by atoms with van der Waals surface area (Å²) >= 11 is 6.31. The number of halogens is 1. The molecule has 0 saturated carbocycles. The molecule has 0 N–H and O–H groups in total. The number of carbonyl (C=O) groups is 2. The van der Waals surface area contributed by atoms with Crippen LogP contribution in [-0.4, -0.2) is 44.7 Å². The van der Waals surface area contributed by atoms with E-state index in [9.17, 15) is 9.59 Å². The van der Waals surface area contributed by atoms with E-state index in [4.69, 9.17) is 16.3 Å². The molecular weight excluding hydrogens is 474 g/mol. The topological polar surface area (TPSA) is 72.4 Å². The van der Waals surface area contributed by atoms with E-state index < -0.39 is 17.4 Å². The lowest BCUT2D eigenvalue weighted by atomic mass is 10.1. The van der Waals surface area contributed by atoms with Gasteiger partial charge in [-0.25, -0.2) is 14.8 Å². The van der Waals surface area contributed by atoms with E-state index in [1.807, 2.05) is 38.4 Å².